The highest BCUT2D eigenvalue weighted by Gasteiger charge is 2.14. The summed E-state index contributed by atoms with van der Waals surface area (Å²) in [6.07, 6.45) is 1.26. The second-order valence-corrected chi connectivity index (χ2v) is 4.28. The summed E-state index contributed by atoms with van der Waals surface area (Å²) < 4.78 is 1.44. The summed E-state index contributed by atoms with van der Waals surface area (Å²) in [5, 5.41) is 0. The predicted molar refractivity (Wildman–Crippen MR) is 73.3 cm³/mol. The third-order valence-electron chi connectivity index (χ3n) is 2.84. The minimum Gasteiger partial charge on any atom is -0.365 e. The molecule has 0 fully saturated rings. The Kier molecular flexibility index (Phi) is 3.65. The molecular formula is C14H13N3O3. The fourth-order valence-corrected chi connectivity index (χ4v) is 1.88. The number of pyridine rings is 1. The summed E-state index contributed by atoms with van der Waals surface area (Å²) in [6.45, 7) is 0.305. The van der Waals surface area contributed by atoms with E-state index in [9.17, 15) is 14.4 Å². The molecule has 0 radical (unpaired) electrons. The van der Waals surface area contributed by atoms with Gasteiger partial charge >= 0.3 is 0 Å². The number of rotatable bonds is 4. The van der Waals surface area contributed by atoms with Gasteiger partial charge in [0.2, 0.25) is 0 Å². The molecule has 0 atom stereocenters. The maximum absolute atomic E-state index is 11.7. The minimum absolute atomic E-state index is 0.0313. The normalized spacial score (nSPS) is 10.2. The van der Waals surface area contributed by atoms with Crippen LogP contribution in [0.4, 0.5) is 0 Å². The first-order chi connectivity index (χ1) is 9.49. The largest absolute Gasteiger partial charge is 0.365 e. The molecule has 102 valence electrons. The number of amides is 2. The van der Waals surface area contributed by atoms with E-state index in [1.54, 1.807) is 0 Å². The zero-order valence-electron chi connectivity index (χ0n) is 10.6. The van der Waals surface area contributed by atoms with Gasteiger partial charge in [-0.3, -0.25) is 14.4 Å². The molecule has 2 amide bonds. The number of hydrogen-bond donors (Lipinski definition) is 2. The zero-order valence-corrected chi connectivity index (χ0v) is 10.6. The maximum atomic E-state index is 11.7. The number of nitrogens with zero attached hydrogens (tertiary/aromatic N) is 1. The van der Waals surface area contributed by atoms with Crippen LogP contribution < -0.4 is 16.9 Å². The SMILES string of the molecule is NC(=O)c1cn(Cc2ccccc2)c(C(N)=O)cc1=O. The average molecular weight is 271 g/mol. The first-order valence-corrected chi connectivity index (χ1v) is 5.87. The second-order valence-electron chi connectivity index (χ2n) is 4.28. The molecule has 0 unspecified atom stereocenters. The Hall–Kier alpha value is -2.89. The van der Waals surface area contributed by atoms with Crippen molar-refractivity contribution in [2.75, 3.05) is 0 Å². The molecule has 0 bridgehead atoms. The van der Waals surface area contributed by atoms with E-state index in [4.69, 9.17) is 11.5 Å². The Morgan fingerprint density at radius 3 is 2.25 bits per heavy atom. The Balaban J connectivity index is 2.54. The van der Waals surface area contributed by atoms with Crippen molar-refractivity contribution in [3.05, 3.63) is 69.6 Å². The lowest BCUT2D eigenvalue weighted by Crippen LogP contribution is -2.28. The second kappa shape index (κ2) is 5.40. The molecule has 2 rings (SSSR count). The van der Waals surface area contributed by atoms with Crippen LogP contribution in [0.5, 0.6) is 0 Å². The Bertz CT molecular complexity index is 720. The minimum atomic E-state index is -0.840. The highest BCUT2D eigenvalue weighted by Crippen LogP contribution is 2.06. The van der Waals surface area contributed by atoms with Crippen LogP contribution in [-0.2, 0) is 6.54 Å². The topological polar surface area (TPSA) is 108 Å². The van der Waals surface area contributed by atoms with E-state index in [2.05, 4.69) is 0 Å². The lowest BCUT2D eigenvalue weighted by molar-refractivity contribution is 0.0979. The van der Waals surface area contributed by atoms with E-state index in [1.165, 1.54) is 10.8 Å². The number of hydrogen-bond acceptors (Lipinski definition) is 3. The lowest BCUT2D eigenvalue weighted by atomic mass is 10.2. The molecule has 0 aliphatic heterocycles. The molecule has 0 spiro atoms. The van der Waals surface area contributed by atoms with Crippen LogP contribution in [0.25, 0.3) is 0 Å². The fourth-order valence-electron chi connectivity index (χ4n) is 1.88. The molecule has 1 heterocycles. The van der Waals surface area contributed by atoms with Crippen molar-refractivity contribution in [3.63, 3.8) is 0 Å². The van der Waals surface area contributed by atoms with Crippen LogP contribution in [-0.4, -0.2) is 16.4 Å². The quantitative estimate of drug-likeness (QED) is 0.822. The molecule has 0 saturated heterocycles. The van der Waals surface area contributed by atoms with Gasteiger partial charge in [0.05, 0.1) is 0 Å². The number of primary amides is 2. The Labute approximate surface area is 114 Å². The molecule has 6 nitrogen and oxygen atoms in total. The van der Waals surface area contributed by atoms with Crippen molar-refractivity contribution >= 4 is 11.8 Å². The van der Waals surface area contributed by atoms with Crippen LogP contribution in [0.3, 0.4) is 0 Å². The van der Waals surface area contributed by atoms with Gasteiger partial charge in [0.25, 0.3) is 11.8 Å². The first-order valence-electron chi connectivity index (χ1n) is 5.87. The van der Waals surface area contributed by atoms with Crippen molar-refractivity contribution < 1.29 is 9.59 Å². The molecule has 0 saturated carbocycles. The van der Waals surface area contributed by atoms with Crippen molar-refractivity contribution in [2.45, 2.75) is 6.54 Å². The molecule has 0 aliphatic rings. The molecule has 20 heavy (non-hydrogen) atoms. The molecular weight excluding hydrogens is 258 g/mol. The molecule has 1 aromatic heterocycles. The summed E-state index contributed by atoms with van der Waals surface area (Å²) in [6, 6.07) is 10.3. The molecule has 1 aromatic carbocycles. The average Bonchev–Trinajstić information content (AvgIpc) is 2.41. The Morgan fingerprint density at radius 1 is 1.05 bits per heavy atom. The maximum Gasteiger partial charge on any atom is 0.265 e. The van der Waals surface area contributed by atoms with Crippen molar-refractivity contribution in [3.8, 4) is 0 Å². The van der Waals surface area contributed by atoms with Crippen LogP contribution in [0.1, 0.15) is 26.4 Å². The first kappa shape index (κ1) is 13.5. The molecule has 2 aromatic rings. The number of carbonyl (C=O) groups excluding carboxylic acids is 2. The summed E-state index contributed by atoms with van der Waals surface area (Å²) in [5.41, 5.74) is 10.5. The van der Waals surface area contributed by atoms with Gasteiger partial charge in [0, 0.05) is 18.8 Å². The molecule has 0 aliphatic carbocycles. The standard InChI is InChI=1S/C14H13N3O3/c15-13(19)10-8-17(7-9-4-2-1-3-5-9)11(14(16)20)6-12(10)18/h1-6,8H,7H2,(H2,15,19)(H2,16,20). The van der Waals surface area contributed by atoms with E-state index in [1.807, 2.05) is 30.3 Å². The lowest BCUT2D eigenvalue weighted by Gasteiger charge is -2.12. The summed E-state index contributed by atoms with van der Waals surface area (Å²) in [7, 11) is 0. The summed E-state index contributed by atoms with van der Waals surface area (Å²) in [4.78, 5) is 34.3. The van der Waals surface area contributed by atoms with E-state index in [-0.39, 0.29) is 11.3 Å². The van der Waals surface area contributed by atoms with Crippen LogP contribution in [0.15, 0.2) is 47.4 Å². The van der Waals surface area contributed by atoms with Crippen molar-refractivity contribution in [2.24, 2.45) is 11.5 Å². The van der Waals surface area contributed by atoms with Gasteiger partial charge in [-0.25, -0.2) is 0 Å². The number of benzene rings is 1. The van der Waals surface area contributed by atoms with Gasteiger partial charge < -0.3 is 16.0 Å². The fraction of sp³-hybridized carbons (Fsp3) is 0.0714. The van der Waals surface area contributed by atoms with Crippen LogP contribution >= 0.6 is 0 Å². The smallest absolute Gasteiger partial charge is 0.265 e. The highest BCUT2D eigenvalue weighted by atomic mass is 16.2. The summed E-state index contributed by atoms with van der Waals surface area (Å²) in [5.74, 6) is -1.58. The van der Waals surface area contributed by atoms with Crippen molar-refractivity contribution in [1.82, 2.24) is 4.57 Å². The number of carbonyl (C=O) groups is 2. The van der Waals surface area contributed by atoms with Crippen LogP contribution in [0.2, 0.25) is 0 Å². The van der Waals surface area contributed by atoms with Gasteiger partial charge in [-0.05, 0) is 5.56 Å². The monoisotopic (exact) mass is 271 g/mol. The number of aromatic nitrogens is 1. The van der Waals surface area contributed by atoms with Gasteiger partial charge in [-0.1, -0.05) is 30.3 Å². The van der Waals surface area contributed by atoms with Gasteiger partial charge in [-0.2, -0.15) is 0 Å². The van der Waals surface area contributed by atoms with E-state index in [0.717, 1.165) is 11.6 Å². The third-order valence-corrected chi connectivity index (χ3v) is 2.84. The molecule has 6 heteroatoms. The van der Waals surface area contributed by atoms with Gasteiger partial charge in [0.1, 0.15) is 11.3 Å². The zero-order chi connectivity index (χ0) is 14.7. The number of nitrogens with two attached hydrogens (primary N) is 2. The van der Waals surface area contributed by atoms with E-state index < -0.39 is 17.2 Å². The predicted octanol–water partition coefficient (Wildman–Crippen LogP) is 0.0944. The van der Waals surface area contributed by atoms with E-state index >= 15 is 0 Å². The molecule has 4 N–H and O–H groups in total. The Morgan fingerprint density at radius 2 is 1.70 bits per heavy atom. The van der Waals surface area contributed by atoms with Crippen LogP contribution in [0, 0.1) is 0 Å². The van der Waals surface area contributed by atoms with Gasteiger partial charge in [-0.15, -0.1) is 0 Å². The van der Waals surface area contributed by atoms with E-state index in [0.29, 0.717) is 6.54 Å². The van der Waals surface area contributed by atoms with Crippen molar-refractivity contribution in [1.29, 1.82) is 0 Å². The highest BCUT2D eigenvalue weighted by molar-refractivity contribution is 5.95. The summed E-state index contributed by atoms with van der Waals surface area (Å²) >= 11 is 0. The third kappa shape index (κ3) is 2.74. The van der Waals surface area contributed by atoms with Gasteiger partial charge in [0.15, 0.2) is 5.43 Å².